The molecule has 0 atom stereocenters. The zero-order valence-electron chi connectivity index (χ0n) is 16.1. The second-order valence-corrected chi connectivity index (χ2v) is 7.59. The number of benzene rings is 2. The molecule has 0 spiro atoms. The molecule has 1 aromatic heterocycles. The molecule has 0 bridgehead atoms. The zero-order chi connectivity index (χ0) is 20.4. The van der Waals surface area contributed by atoms with Gasteiger partial charge in [-0.25, -0.2) is 0 Å². The van der Waals surface area contributed by atoms with Crippen molar-refractivity contribution >= 4 is 40.0 Å². The average Bonchev–Trinajstić information content (AvgIpc) is 2.94. The highest BCUT2D eigenvalue weighted by molar-refractivity contribution is 6.31. The predicted molar refractivity (Wildman–Crippen MR) is 114 cm³/mol. The molecule has 150 valence electrons. The summed E-state index contributed by atoms with van der Waals surface area (Å²) < 4.78 is 5.42. The van der Waals surface area contributed by atoms with E-state index in [-0.39, 0.29) is 11.8 Å². The van der Waals surface area contributed by atoms with E-state index in [0.717, 1.165) is 22.9 Å². The highest BCUT2D eigenvalue weighted by Crippen LogP contribution is 2.23. The van der Waals surface area contributed by atoms with Crippen molar-refractivity contribution in [1.29, 1.82) is 0 Å². The van der Waals surface area contributed by atoms with Crippen molar-refractivity contribution in [2.24, 2.45) is 0 Å². The van der Waals surface area contributed by atoms with Crippen LogP contribution in [-0.4, -0.2) is 48.0 Å². The molecule has 1 fully saturated rings. The van der Waals surface area contributed by atoms with Gasteiger partial charge in [0.05, 0.1) is 6.61 Å². The van der Waals surface area contributed by atoms with Crippen LogP contribution < -0.4 is 5.32 Å². The van der Waals surface area contributed by atoms with Gasteiger partial charge in [-0.05, 0) is 55.3 Å². The van der Waals surface area contributed by atoms with Gasteiger partial charge in [0.15, 0.2) is 0 Å². The molecule has 0 aliphatic carbocycles. The predicted octanol–water partition coefficient (Wildman–Crippen LogP) is 4.24. The molecule has 3 aromatic rings. The number of aromatic nitrogens is 1. The third-order valence-corrected chi connectivity index (χ3v) is 5.30. The molecule has 2 N–H and O–H groups in total. The van der Waals surface area contributed by atoms with Gasteiger partial charge in [0, 0.05) is 46.9 Å². The molecule has 0 saturated carbocycles. The van der Waals surface area contributed by atoms with E-state index in [9.17, 15) is 9.59 Å². The number of fused-ring (bicyclic) bond motifs is 1. The van der Waals surface area contributed by atoms with Crippen LogP contribution in [0.15, 0.2) is 42.5 Å². The first kappa shape index (κ1) is 19.5. The lowest BCUT2D eigenvalue weighted by atomic mass is 10.1. The van der Waals surface area contributed by atoms with E-state index >= 15 is 0 Å². The molecule has 0 radical (unpaired) electrons. The highest BCUT2D eigenvalue weighted by atomic mass is 35.5. The number of carbonyl (C=O) groups excluding carboxylic acids is 2. The largest absolute Gasteiger partial charge is 0.380 e. The lowest BCUT2D eigenvalue weighted by Gasteiger charge is -2.20. The molecule has 2 aromatic carbocycles. The normalized spacial score (nSPS) is 14.6. The number of ether oxygens (including phenoxy) is 1. The monoisotopic (exact) mass is 411 g/mol. The van der Waals surface area contributed by atoms with Crippen molar-refractivity contribution < 1.29 is 14.3 Å². The van der Waals surface area contributed by atoms with Crippen LogP contribution in [0.5, 0.6) is 0 Å². The summed E-state index contributed by atoms with van der Waals surface area (Å²) in [6, 6.07) is 12.6. The third-order valence-electron chi connectivity index (χ3n) is 5.07. The number of amides is 2. The number of aromatic amines is 1. The van der Waals surface area contributed by atoms with E-state index in [1.165, 1.54) is 0 Å². The maximum Gasteiger partial charge on any atom is 0.272 e. The Kier molecular flexibility index (Phi) is 5.56. The summed E-state index contributed by atoms with van der Waals surface area (Å²) in [5.74, 6) is -0.320. The van der Waals surface area contributed by atoms with Crippen molar-refractivity contribution in [2.75, 3.05) is 31.6 Å². The standard InChI is InChI=1S/C22H22ClN3O3/c1-14-3-4-15(22(28)26-7-2-9-29-10-8-26)12-19(14)25-21(27)20-13-16-11-17(23)5-6-18(16)24-20/h3-6,11-13,24H,2,7-10H2,1H3,(H,25,27). The van der Waals surface area contributed by atoms with Gasteiger partial charge in [0.1, 0.15) is 5.69 Å². The lowest BCUT2D eigenvalue weighted by molar-refractivity contribution is 0.0741. The Balaban J connectivity index is 1.55. The van der Waals surface area contributed by atoms with Crippen molar-refractivity contribution in [3.05, 3.63) is 64.3 Å². The molecular weight excluding hydrogens is 390 g/mol. The fourth-order valence-corrected chi connectivity index (χ4v) is 3.62. The minimum absolute atomic E-state index is 0.0498. The highest BCUT2D eigenvalue weighted by Gasteiger charge is 2.19. The average molecular weight is 412 g/mol. The number of aryl methyl sites for hydroxylation is 1. The van der Waals surface area contributed by atoms with E-state index in [4.69, 9.17) is 16.3 Å². The Morgan fingerprint density at radius 1 is 1.10 bits per heavy atom. The lowest BCUT2D eigenvalue weighted by Crippen LogP contribution is -2.33. The van der Waals surface area contributed by atoms with Gasteiger partial charge < -0.3 is 19.9 Å². The van der Waals surface area contributed by atoms with Gasteiger partial charge in [0.25, 0.3) is 11.8 Å². The maximum atomic E-state index is 12.9. The minimum atomic E-state index is -0.270. The molecular formula is C22H22ClN3O3. The minimum Gasteiger partial charge on any atom is -0.380 e. The van der Waals surface area contributed by atoms with Crippen LogP contribution in [0.3, 0.4) is 0 Å². The Hall–Kier alpha value is -2.83. The van der Waals surface area contributed by atoms with Crippen molar-refractivity contribution in [2.45, 2.75) is 13.3 Å². The van der Waals surface area contributed by atoms with Crippen molar-refractivity contribution in [3.8, 4) is 0 Å². The van der Waals surface area contributed by atoms with Crippen LogP contribution in [0.25, 0.3) is 10.9 Å². The van der Waals surface area contributed by atoms with Crippen LogP contribution in [0.2, 0.25) is 5.02 Å². The Morgan fingerprint density at radius 3 is 2.83 bits per heavy atom. The van der Waals surface area contributed by atoms with E-state index in [0.29, 0.717) is 48.3 Å². The molecule has 1 saturated heterocycles. The number of hydrogen-bond donors (Lipinski definition) is 2. The summed E-state index contributed by atoms with van der Waals surface area (Å²) in [6.07, 6.45) is 0.825. The first-order chi connectivity index (χ1) is 14.0. The quantitative estimate of drug-likeness (QED) is 0.676. The molecule has 2 amide bonds. The van der Waals surface area contributed by atoms with Crippen LogP contribution in [-0.2, 0) is 4.74 Å². The molecule has 29 heavy (non-hydrogen) atoms. The summed E-state index contributed by atoms with van der Waals surface area (Å²) in [5.41, 5.74) is 3.32. The van der Waals surface area contributed by atoms with Gasteiger partial charge >= 0.3 is 0 Å². The van der Waals surface area contributed by atoms with Crippen LogP contribution >= 0.6 is 11.6 Å². The fourth-order valence-electron chi connectivity index (χ4n) is 3.44. The summed E-state index contributed by atoms with van der Waals surface area (Å²) in [7, 11) is 0. The summed E-state index contributed by atoms with van der Waals surface area (Å²) in [4.78, 5) is 30.5. The number of carbonyl (C=O) groups is 2. The number of hydrogen-bond acceptors (Lipinski definition) is 3. The SMILES string of the molecule is Cc1ccc(C(=O)N2CCCOCC2)cc1NC(=O)c1cc2cc(Cl)ccc2[nH]1. The fraction of sp³-hybridized carbons (Fsp3) is 0.273. The summed E-state index contributed by atoms with van der Waals surface area (Å²) in [5, 5.41) is 4.40. The van der Waals surface area contributed by atoms with Gasteiger partial charge in [-0.1, -0.05) is 17.7 Å². The first-order valence-corrected chi connectivity index (χ1v) is 9.96. The van der Waals surface area contributed by atoms with E-state index in [1.54, 1.807) is 35.2 Å². The molecule has 4 rings (SSSR count). The molecule has 7 heteroatoms. The smallest absolute Gasteiger partial charge is 0.272 e. The summed E-state index contributed by atoms with van der Waals surface area (Å²) >= 11 is 6.02. The number of halogens is 1. The third kappa shape index (κ3) is 4.28. The van der Waals surface area contributed by atoms with E-state index < -0.39 is 0 Å². The van der Waals surface area contributed by atoms with Gasteiger partial charge in [-0.3, -0.25) is 9.59 Å². The Labute approximate surface area is 173 Å². The molecule has 1 aliphatic heterocycles. The number of rotatable bonds is 3. The van der Waals surface area contributed by atoms with Gasteiger partial charge in [-0.15, -0.1) is 0 Å². The second-order valence-electron chi connectivity index (χ2n) is 7.16. The van der Waals surface area contributed by atoms with Crippen LogP contribution in [0.1, 0.15) is 32.8 Å². The topological polar surface area (TPSA) is 74.4 Å². The van der Waals surface area contributed by atoms with Crippen LogP contribution in [0.4, 0.5) is 5.69 Å². The van der Waals surface area contributed by atoms with E-state index in [1.807, 2.05) is 19.1 Å². The number of nitrogens with one attached hydrogen (secondary N) is 2. The van der Waals surface area contributed by atoms with Gasteiger partial charge in [0.2, 0.25) is 0 Å². The Bertz CT molecular complexity index is 1070. The molecule has 0 unspecified atom stereocenters. The molecule has 2 heterocycles. The number of H-pyrrole nitrogens is 1. The molecule has 6 nitrogen and oxygen atoms in total. The summed E-state index contributed by atoms with van der Waals surface area (Å²) in [6.45, 7) is 4.37. The van der Waals surface area contributed by atoms with E-state index in [2.05, 4.69) is 10.3 Å². The first-order valence-electron chi connectivity index (χ1n) is 9.58. The van der Waals surface area contributed by atoms with Crippen molar-refractivity contribution in [1.82, 2.24) is 9.88 Å². The number of anilines is 1. The van der Waals surface area contributed by atoms with Gasteiger partial charge in [-0.2, -0.15) is 0 Å². The number of nitrogens with zero attached hydrogens (tertiary/aromatic N) is 1. The van der Waals surface area contributed by atoms with Crippen molar-refractivity contribution in [3.63, 3.8) is 0 Å². The Morgan fingerprint density at radius 2 is 1.97 bits per heavy atom. The van der Waals surface area contributed by atoms with Crippen LogP contribution in [0, 0.1) is 6.92 Å². The second kappa shape index (κ2) is 8.27. The zero-order valence-corrected chi connectivity index (χ0v) is 16.9. The maximum absolute atomic E-state index is 12.9. The molecule has 1 aliphatic rings.